The maximum Gasteiger partial charge on any atom is 0.337 e. The van der Waals surface area contributed by atoms with Crippen molar-refractivity contribution in [1.82, 2.24) is 0 Å². The van der Waals surface area contributed by atoms with E-state index in [0.29, 0.717) is 11.3 Å². The van der Waals surface area contributed by atoms with E-state index in [2.05, 4.69) is 4.74 Å². The fourth-order valence-electron chi connectivity index (χ4n) is 1.61. The van der Waals surface area contributed by atoms with E-state index in [0.717, 1.165) is 11.3 Å². The number of methoxy groups -OCH3 is 1. The van der Waals surface area contributed by atoms with Crippen LogP contribution in [0.1, 0.15) is 10.4 Å². The average Bonchev–Trinajstić information content (AvgIpc) is 3.00. The first-order valence-corrected chi connectivity index (χ1v) is 7.99. The molecule has 0 radical (unpaired) electrons. The average molecular weight is 311 g/mol. The Kier molecular flexibility index (Phi) is 4.10. The Morgan fingerprint density at radius 2 is 1.85 bits per heavy atom. The molecule has 1 aromatic carbocycles. The van der Waals surface area contributed by atoms with E-state index in [9.17, 15) is 13.2 Å². The van der Waals surface area contributed by atoms with Crippen LogP contribution in [0.2, 0.25) is 0 Å². The summed E-state index contributed by atoms with van der Waals surface area (Å²) in [4.78, 5) is 11.3. The van der Waals surface area contributed by atoms with Gasteiger partial charge in [0.15, 0.2) is 0 Å². The van der Waals surface area contributed by atoms with Crippen LogP contribution in [0.15, 0.2) is 46.0 Å². The molecule has 0 amide bonds. The molecule has 0 N–H and O–H groups in total. The van der Waals surface area contributed by atoms with E-state index in [1.807, 2.05) is 0 Å². The lowest BCUT2D eigenvalue weighted by Gasteiger charge is -2.18. The van der Waals surface area contributed by atoms with Crippen LogP contribution in [0, 0.1) is 0 Å². The molecule has 0 bridgehead atoms. The van der Waals surface area contributed by atoms with Gasteiger partial charge in [-0.3, -0.25) is 4.31 Å². The number of hydrogen-bond donors (Lipinski definition) is 0. The molecule has 0 aliphatic carbocycles. The van der Waals surface area contributed by atoms with Gasteiger partial charge in [0.25, 0.3) is 10.0 Å². The third-order valence-electron chi connectivity index (χ3n) is 2.76. The molecule has 2 rings (SSSR count). The largest absolute Gasteiger partial charge is 0.465 e. The molecule has 0 atom stereocenters. The number of ether oxygens (including phenoxy) is 1. The maximum atomic E-state index is 12.3. The monoisotopic (exact) mass is 311 g/mol. The number of anilines is 1. The summed E-state index contributed by atoms with van der Waals surface area (Å²) < 4.78 is 30.7. The standard InChI is InChI=1S/C13H13NO4S2/c1-14(20(16,17)12-4-3-9-19-12)11-7-5-10(6-8-11)13(15)18-2/h3-9H,1-2H3. The van der Waals surface area contributed by atoms with Gasteiger partial charge in [0.05, 0.1) is 18.4 Å². The molecule has 0 aliphatic heterocycles. The Hall–Kier alpha value is -1.86. The van der Waals surface area contributed by atoms with Crippen LogP contribution >= 0.6 is 11.3 Å². The SMILES string of the molecule is COC(=O)c1ccc(N(C)S(=O)(=O)c2cccs2)cc1. The van der Waals surface area contributed by atoms with Gasteiger partial charge in [0, 0.05) is 7.05 Å². The predicted octanol–water partition coefficient (Wildman–Crippen LogP) is 2.36. The van der Waals surface area contributed by atoms with Crippen LogP contribution in [0.5, 0.6) is 0 Å². The van der Waals surface area contributed by atoms with Gasteiger partial charge >= 0.3 is 5.97 Å². The number of sulfonamides is 1. The number of nitrogens with zero attached hydrogens (tertiary/aromatic N) is 1. The predicted molar refractivity (Wildman–Crippen MR) is 77.7 cm³/mol. The van der Waals surface area contributed by atoms with Crippen LogP contribution in [0.3, 0.4) is 0 Å². The van der Waals surface area contributed by atoms with Crippen LogP contribution in [0.25, 0.3) is 0 Å². The van der Waals surface area contributed by atoms with Gasteiger partial charge in [-0.05, 0) is 35.7 Å². The molecule has 0 fully saturated rings. The fourth-order valence-corrected chi connectivity index (χ4v) is 3.97. The van der Waals surface area contributed by atoms with Crippen molar-refractivity contribution in [2.24, 2.45) is 0 Å². The van der Waals surface area contributed by atoms with E-state index in [1.165, 1.54) is 30.6 Å². The maximum absolute atomic E-state index is 12.3. The van der Waals surface area contributed by atoms with Gasteiger partial charge in [0.1, 0.15) is 4.21 Å². The molecule has 0 saturated carbocycles. The second-order valence-corrected chi connectivity index (χ2v) is 7.09. The molecule has 0 unspecified atom stereocenters. The number of benzene rings is 1. The molecule has 0 aliphatic rings. The first-order chi connectivity index (χ1) is 9.46. The zero-order valence-electron chi connectivity index (χ0n) is 10.9. The second-order valence-electron chi connectivity index (χ2n) is 3.94. The third-order valence-corrected chi connectivity index (χ3v) is 5.92. The van der Waals surface area contributed by atoms with Gasteiger partial charge in [0.2, 0.25) is 0 Å². The minimum absolute atomic E-state index is 0.275. The first kappa shape index (κ1) is 14.5. The minimum Gasteiger partial charge on any atom is -0.465 e. The summed E-state index contributed by atoms with van der Waals surface area (Å²) in [6.07, 6.45) is 0. The minimum atomic E-state index is -3.55. The molecule has 1 heterocycles. The third kappa shape index (κ3) is 2.68. The molecule has 0 saturated heterocycles. The summed E-state index contributed by atoms with van der Waals surface area (Å²) in [6, 6.07) is 9.43. The highest BCUT2D eigenvalue weighted by Gasteiger charge is 2.22. The van der Waals surface area contributed by atoms with Crippen molar-refractivity contribution in [2.45, 2.75) is 4.21 Å². The fraction of sp³-hybridized carbons (Fsp3) is 0.154. The number of rotatable bonds is 4. The quantitative estimate of drug-likeness (QED) is 0.813. The Bertz CT molecular complexity index is 690. The Morgan fingerprint density at radius 3 is 2.35 bits per heavy atom. The molecule has 1 aromatic heterocycles. The van der Waals surface area contributed by atoms with Crippen molar-refractivity contribution < 1.29 is 17.9 Å². The lowest BCUT2D eigenvalue weighted by atomic mass is 10.2. The van der Waals surface area contributed by atoms with Crippen molar-refractivity contribution >= 4 is 33.0 Å². The number of carbonyl (C=O) groups excluding carboxylic acids is 1. The summed E-state index contributed by atoms with van der Waals surface area (Å²) in [7, 11) is -0.782. The van der Waals surface area contributed by atoms with E-state index in [1.54, 1.807) is 29.6 Å². The molecular weight excluding hydrogens is 298 g/mol. The van der Waals surface area contributed by atoms with Gasteiger partial charge in [-0.25, -0.2) is 13.2 Å². The number of esters is 1. The van der Waals surface area contributed by atoms with Gasteiger partial charge in [-0.2, -0.15) is 0 Å². The summed E-state index contributed by atoms with van der Waals surface area (Å²) in [5.41, 5.74) is 0.851. The topological polar surface area (TPSA) is 63.7 Å². The van der Waals surface area contributed by atoms with Crippen LogP contribution < -0.4 is 4.31 Å². The van der Waals surface area contributed by atoms with E-state index in [4.69, 9.17) is 0 Å². The first-order valence-electron chi connectivity index (χ1n) is 5.67. The van der Waals surface area contributed by atoms with Crippen molar-refractivity contribution in [3.63, 3.8) is 0 Å². The van der Waals surface area contributed by atoms with Gasteiger partial charge < -0.3 is 4.74 Å². The molecule has 2 aromatic rings. The van der Waals surface area contributed by atoms with Gasteiger partial charge in [-0.1, -0.05) is 6.07 Å². The van der Waals surface area contributed by atoms with Crippen LogP contribution in [-0.2, 0) is 14.8 Å². The Morgan fingerprint density at radius 1 is 1.20 bits per heavy atom. The Labute approximate surface area is 121 Å². The van der Waals surface area contributed by atoms with E-state index in [-0.39, 0.29) is 4.21 Å². The van der Waals surface area contributed by atoms with E-state index < -0.39 is 16.0 Å². The summed E-state index contributed by atoms with van der Waals surface area (Å²) in [6.45, 7) is 0. The highest BCUT2D eigenvalue weighted by molar-refractivity contribution is 7.94. The van der Waals surface area contributed by atoms with Crippen molar-refractivity contribution in [3.8, 4) is 0 Å². The van der Waals surface area contributed by atoms with Crippen molar-refractivity contribution in [1.29, 1.82) is 0 Å². The van der Waals surface area contributed by atoms with Crippen molar-refractivity contribution in [3.05, 3.63) is 47.3 Å². The van der Waals surface area contributed by atoms with Crippen molar-refractivity contribution in [2.75, 3.05) is 18.5 Å². The highest BCUT2D eigenvalue weighted by atomic mass is 32.2. The summed E-state index contributed by atoms with van der Waals surface area (Å²) in [5, 5.41) is 1.71. The Balaban J connectivity index is 2.30. The zero-order valence-corrected chi connectivity index (χ0v) is 12.6. The smallest absolute Gasteiger partial charge is 0.337 e. The number of thiophene rings is 1. The summed E-state index contributed by atoms with van der Waals surface area (Å²) in [5.74, 6) is -0.458. The molecule has 0 spiro atoms. The zero-order chi connectivity index (χ0) is 14.8. The molecule has 7 heteroatoms. The normalized spacial score (nSPS) is 11.1. The van der Waals surface area contributed by atoms with E-state index >= 15 is 0 Å². The van der Waals surface area contributed by atoms with Crippen LogP contribution in [0.4, 0.5) is 5.69 Å². The number of carbonyl (C=O) groups is 1. The number of hydrogen-bond acceptors (Lipinski definition) is 5. The summed E-state index contributed by atoms with van der Waals surface area (Å²) >= 11 is 1.16. The molecule has 20 heavy (non-hydrogen) atoms. The van der Waals surface area contributed by atoms with Gasteiger partial charge in [-0.15, -0.1) is 11.3 Å². The highest BCUT2D eigenvalue weighted by Crippen LogP contribution is 2.25. The second kappa shape index (κ2) is 5.64. The lowest BCUT2D eigenvalue weighted by Crippen LogP contribution is -2.25. The lowest BCUT2D eigenvalue weighted by molar-refractivity contribution is 0.0601. The molecule has 106 valence electrons. The molecular formula is C13H13NO4S2. The molecule has 5 nitrogen and oxygen atoms in total. The van der Waals surface area contributed by atoms with Crippen LogP contribution in [-0.4, -0.2) is 28.5 Å².